The molecule has 2 heterocycles. The van der Waals surface area contributed by atoms with E-state index >= 15 is 0 Å². The Bertz CT molecular complexity index is 893. The van der Waals surface area contributed by atoms with Crippen molar-refractivity contribution in [3.63, 3.8) is 0 Å². The highest BCUT2D eigenvalue weighted by atomic mass is 19.3. The van der Waals surface area contributed by atoms with Gasteiger partial charge in [0.2, 0.25) is 6.23 Å². The summed E-state index contributed by atoms with van der Waals surface area (Å²) in [6.07, 6.45) is 14.8. The van der Waals surface area contributed by atoms with Crippen molar-refractivity contribution in [2.24, 2.45) is 0 Å². The molecule has 0 radical (unpaired) electrons. The molecule has 1 aliphatic heterocycles. The molecule has 0 aliphatic carbocycles. The molecule has 1 fully saturated rings. The van der Waals surface area contributed by atoms with Gasteiger partial charge in [-0.15, -0.1) is 0 Å². The molecule has 0 amide bonds. The maximum absolute atomic E-state index is 14.5. The highest BCUT2D eigenvalue weighted by Gasteiger charge is 2.60. The molecule has 2 rings (SSSR count). The molecule has 37 heavy (non-hydrogen) atoms. The number of hydrogen-bond donors (Lipinski definition) is 2. The van der Waals surface area contributed by atoms with E-state index in [0.29, 0.717) is 11.0 Å². The van der Waals surface area contributed by atoms with Crippen LogP contribution in [0.4, 0.5) is 14.6 Å². The van der Waals surface area contributed by atoms with Gasteiger partial charge in [-0.05, 0) is 38.2 Å². The third kappa shape index (κ3) is 10.5. The molecule has 3 N–H and O–H groups in total. The summed E-state index contributed by atoms with van der Waals surface area (Å²) in [5.41, 5.74) is 4.35. The van der Waals surface area contributed by atoms with E-state index in [-0.39, 0.29) is 12.2 Å². The number of hydrogen-bond acceptors (Lipinski definition) is 7. The lowest BCUT2D eigenvalue weighted by atomic mass is 10.1. The van der Waals surface area contributed by atoms with Crippen LogP contribution < -0.4 is 11.4 Å². The van der Waals surface area contributed by atoms with Gasteiger partial charge >= 0.3 is 17.6 Å². The highest BCUT2D eigenvalue weighted by Crippen LogP contribution is 2.42. The van der Waals surface area contributed by atoms with Gasteiger partial charge in [0.15, 0.2) is 6.10 Å². The van der Waals surface area contributed by atoms with Crippen LogP contribution in [0.25, 0.3) is 0 Å². The van der Waals surface area contributed by atoms with E-state index in [1.165, 1.54) is 44.6 Å². The number of alkyl halides is 2. The Balaban J connectivity index is 1.54. The third-order valence-electron chi connectivity index (χ3n) is 6.53. The van der Waals surface area contributed by atoms with E-state index < -0.39 is 42.6 Å². The zero-order valence-corrected chi connectivity index (χ0v) is 22.0. The summed E-state index contributed by atoms with van der Waals surface area (Å²) in [6, 6.07) is 1.18. The fraction of sp³-hybridized carbons (Fsp3) is 0.741. The Morgan fingerprint density at radius 3 is 2.32 bits per heavy atom. The Hall–Kier alpha value is -2.33. The molecule has 210 valence electrons. The van der Waals surface area contributed by atoms with Crippen LogP contribution >= 0.6 is 0 Å². The fourth-order valence-corrected chi connectivity index (χ4v) is 4.30. The normalized spacial score (nSPS) is 21.0. The van der Waals surface area contributed by atoms with Crippen molar-refractivity contribution >= 4 is 11.8 Å². The molecule has 0 saturated carbocycles. The fourth-order valence-electron chi connectivity index (χ4n) is 4.30. The lowest BCUT2D eigenvalue weighted by Gasteiger charge is -2.20. The maximum Gasteiger partial charge on any atom is 0.351 e. The monoisotopic (exact) mass is 527 g/mol. The van der Waals surface area contributed by atoms with Crippen LogP contribution in [0.3, 0.4) is 0 Å². The first-order valence-corrected chi connectivity index (χ1v) is 13.6. The first-order chi connectivity index (χ1) is 17.8. The van der Waals surface area contributed by atoms with E-state index in [0.717, 1.165) is 44.7 Å². The summed E-state index contributed by atoms with van der Waals surface area (Å²) in [6.45, 7) is 1.70. The van der Waals surface area contributed by atoms with E-state index in [4.69, 9.17) is 15.2 Å². The van der Waals surface area contributed by atoms with Crippen molar-refractivity contribution in [1.29, 1.82) is 0 Å². The van der Waals surface area contributed by atoms with Crippen LogP contribution in [0.5, 0.6) is 0 Å². The van der Waals surface area contributed by atoms with Gasteiger partial charge in [-0.3, -0.25) is 9.36 Å². The van der Waals surface area contributed by atoms with Crippen molar-refractivity contribution in [1.82, 2.24) is 9.55 Å². The van der Waals surface area contributed by atoms with E-state index in [2.05, 4.69) is 24.1 Å². The van der Waals surface area contributed by atoms with Gasteiger partial charge in [-0.25, -0.2) is 4.79 Å². The standard InChI is InChI=1S/C27H43F2N3O5/c1-2-3-4-5-6-7-8-9-10-11-12-13-14-15-16-17-23(33)36-20-21-24(34)27(28,29)25(37-21)32-19-18-22(30)31-26(32)35/h9-10,18-19,21,24-25,34H,2-8,11-17,20H2,1H3,(H2,30,31,35)/b10-9+/t21-,24?,25-/m1/s1. The molecule has 8 nitrogen and oxygen atoms in total. The number of ether oxygens (including phenoxy) is 2. The van der Waals surface area contributed by atoms with E-state index in [1.807, 2.05) is 0 Å². The van der Waals surface area contributed by atoms with Crippen molar-refractivity contribution in [3.05, 3.63) is 34.9 Å². The van der Waals surface area contributed by atoms with Crippen molar-refractivity contribution in [2.45, 2.75) is 121 Å². The first-order valence-electron chi connectivity index (χ1n) is 13.6. The minimum Gasteiger partial charge on any atom is -0.463 e. The van der Waals surface area contributed by atoms with Gasteiger partial charge in [-0.1, -0.05) is 70.4 Å². The largest absolute Gasteiger partial charge is 0.463 e. The Labute approximate surface area is 218 Å². The molecule has 10 heteroatoms. The molecule has 3 atom stereocenters. The molecule has 1 aliphatic rings. The Morgan fingerprint density at radius 1 is 1.11 bits per heavy atom. The maximum atomic E-state index is 14.5. The third-order valence-corrected chi connectivity index (χ3v) is 6.53. The molecular formula is C27H43F2N3O5. The number of aliphatic hydroxyl groups is 1. The molecular weight excluding hydrogens is 484 g/mol. The van der Waals surface area contributed by atoms with Crippen LogP contribution in [0.15, 0.2) is 29.2 Å². The van der Waals surface area contributed by atoms with Crippen LogP contribution in [0.1, 0.15) is 103 Å². The summed E-state index contributed by atoms with van der Waals surface area (Å²) >= 11 is 0. The molecule has 1 aromatic heterocycles. The minimum absolute atomic E-state index is 0.121. The van der Waals surface area contributed by atoms with Gasteiger partial charge < -0.3 is 20.3 Å². The number of nitrogens with zero attached hydrogens (tertiary/aromatic N) is 2. The average Bonchev–Trinajstić information content (AvgIpc) is 3.08. The lowest BCUT2D eigenvalue weighted by molar-refractivity contribution is -0.150. The van der Waals surface area contributed by atoms with Gasteiger partial charge in [0.1, 0.15) is 18.5 Å². The second kappa shape index (κ2) is 16.5. The van der Waals surface area contributed by atoms with Gasteiger partial charge in [0.25, 0.3) is 0 Å². The van der Waals surface area contributed by atoms with Gasteiger partial charge in [0, 0.05) is 12.6 Å². The number of halogens is 2. The van der Waals surface area contributed by atoms with Crippen LogP contribution in [0.2, 0.25) is 0 Å². The zero-order chi connectivity index (χ0) is 27.1. The summed E-state index contributed by atoms with van der Waals surface area (Å²) in [5, 5.41) is 9.99. The van der Waals surface area contributed by atoms with Crippen molar-refractivity contribution < 1.29 is 28.2 Å². The molecule has 0 aromatic carbocycles. The van der Waals surface area contributed by atoms with Crippen LogP contribution in [0, 0.1) is 0 Å². The molecule has 1 saturated heterocycles. The van der Waals surface area contributed by atoms with Crippen molar-refractivity contribution in [3.8, 4) is 0 Å². The van der Waals surface area contributed by atoms with E-state index in [1.54, 1.807) is 0 Å². The van der Waals surface area contributed by atoms with Crippen LogP contribution in [-0.4, -0.2) is 45.4 Å². The molecule has 1 aromatic rings. The number of carbonyl (C=O) groups excluding carboxylic acids is 1. The number of nitrogen functional groups attached to an aromatic ring is 1. The summed E-state index contributed by atoms with van der Waals surface area (Å²) in [4.78, 5) is 27.3. The predicted octanol–water partition coefficient (Wildman–Crippen LogP) is 5.30. The first kappa shape index (κ1) is 30.9. The summed E-state index contributed by atoms with van der Waals surface area (Å²) < 4.78 is 39.8. The second-order valence-corrected chi connectivity index (χ2v) is 9.71. The summed E-state index contributed by atoms with van der Waals surface area (Å²) in [7, 11) is 0. The average molecular weight is 528 g/mol. The van der Waals surface area contributed by atoms with Crippen LogP contribution in [-0.2, 0) is 14.3 Å². The topological polar surface area (TPSA) is 117 Å². The van der Waals surface area contributed by atoms with Gasteiger partial charge in [-0.2, -0.15) is 13.8 Å². The van der Waals surface area contributed by atoms with Crippen molar-refractivity contribution in [2.75, 3.05) is 12.3 Å². The molecule has 1 unspecified atom stereocenters. The number of allylic oxidation sites excluding steroid dienone is 2. The SMILES string of the molecule is CCCCCCCC/C=C/CCCCCCCC(=O)OC[C@H]1O[C@@H](n2ccc(N)nc2=O)C(F)(F)C1O. The number of anilines is 1. The lowest BCUT2D eigenvalue weighted by Crippen LogP contribution is -2.42. The number of esters is 1. The summed E-state index contributed by atoms with van der Waals surface area (Å²) in [5.74, 6) is -4.43. The van der Waals surface area contributed by atoms with Gasteiger partial charge in [0.05, 0.1) is 0 Å². The number of aromatic nitrogens is 2. The molecule has 0 bridgehead atoms. The number of aliphatic hydroxyl groups excluding tert-OH is 1. The zero-order valence-electron chi connectivity index (χ0n) is 22.0. The number of nitrogens with two attached hydrogens (primary N) is 1. The quantitative estimate of drug-likeness (QED) is 0.151. The number of carbonyl (C=O) groups is 1. The van der Waals surface area contributed by atoms with E-state index in [9.17, 15) is 23.5 Å². The number of unbranched alkanes of at least 4 members (excludes halogenated alkanes) is 11. The Kier molecular flexibility index (Phi) is 13.8. The number of rotatable bonds is 18. The molecule has 0 spiro atoms. The minimum atomic E-state index is -3.78. The predicted molar refractivity (Wildman–Crippen MR) is 138 cm³/mol. The second-order valence-electron chi connectivity index (χ2n) is 9.71. The highest BCUT2D eigenvalue weighted by molar-refractivity contribution is 5.69. The Morgan fingerprint density at radius 2 is 1.70 bits per heavy atom. The smallest absolute Gasteiger partial charge is 0.351 e.